The van der Waals surface area contributed by atoms with Gasteiger partial charge in [0.1, 0.15) is 0 Å². The molecule has 2 nitrogen and oxygen atoms in total. The van der Waals surface area contributed by atoms with E-state index in [-0.39, 0.29) is 5.78 Å². The van der Waals surface area contributed by atoms with Crippen LogP contribution in [-0.4, -0.2) is 12.8 Å². The highest BCUT2D eigenvalue weighted by atomic mass is 16.1. The molecule has 0 aliphatic carbocycles. The van der Waals surface area contributed by atoms with Crippen molar-refractivity contribution in [2.24, 2.45) is 0 Å². The highest BCUT2D eigenvalue weighted by Gasteiger charge is 2.28. The Morgan fingerprint density at radius 2 is 2.08 bits per heavy atom. The van der Waals surface area contributed by atoms with Gasteiger partial charge in [0.2, 0.25) is 5.78 Å². The Morgan fingerprint density at radius 3 is 2.69 bits per heavy atom. The van der Waals surface area contributed by atoms with Crippen molar-refractivity contribution in [2.75, 3.05) is 11.9 Å². The molecule has 0 bridgehead atoms. The van der Waals surface area contributed by atoms with Gasteiger partial charge in [-0.05, 0) is 18.6 Å². The lowest BCUT2D eigenvalue weighted by atomic mass is 10.1. The van der Waals surface area contributed by atoms with Gasteiger partial charge in [-0.2, -0.15) is 0 Å². The van der Waals surface area contributed by atoms with Crippen molar-refractivity contribution >= 4 is 11.5 Å². The number of carbonyl (C=O) groups excluding carboxylic acids is 1. The summed E-state index contributed by atoms with van der Waals surface area (Å²) in [5.41, 5.74) is 3.45. The number of hydrogen-bond donors (Lipinski definition) is 0. The van der Waals surface area contributed by atoms with E-state index in [1.54, 1.807) is 0 Å². The molecule has 1 aliphatic rings. The van der Waals surface area contributed by atoms with Gasteiger partial charge in [0.05, 0.1) is 11.4 Å². The lowest BCUT2D eigenvalue weighted by molar-refractivity contribution is 0.104. The second kappa shape index (κ2) is 2.46. The van der Waals surface area contributed by atoms with Crippen molar-refractivity contribution in [1.29, 1.82) is 0 Å². The van der Waals surface area contributed by atoms with Gasteiger partial charge in [0.15, 0.2) is 0 Å². The fourth-order valence-corrected chi connectivity index (χ4v) is 1.73. The number of nitrogens with zero attached hydrogens (tertiary/aromatic N) is 1. The van der Waals surface area contributed by atoms with Gasteiger partial charge in [0.25, 0.3) is 0 Å². The Hall–Kier alpha value is -1.57. The Bertz CT molecular complexity index is 407. The number of allylic oxidation sites excluding steroid dienone is 1. The summed E-state index contributed by atoms with van der Waals surface area (Å²) < 4.78 is 0. The van der Waals surface area contributed by atoms with Gasteiger partial charge in [-0.1, -0.05) is 18.7 Å². The molecule has 1 aromatic rings. The van der Waals surface area contributed by atoms with E-state index in [0.717, 1.165) is 16.8 Å². The molecule has 0 radical (unpaired) electrons. The number of carbonyl (C=O) groups is 1. The number of likely N-dealkylation sites (N-methyl/N-ethyl adjacent to an activating group) is 1. The van der Waals surface area contributed by atoms with Crippen LogP contribution in [0, 0.1) is 6.92 Å². The molecule has 13 heavy (non-hydrogen) atoms. The molecule has 0 amide bonds. The van der Waals surface area contributed by atoms with Crippen molar-refractivity contribution in [1.82, 2.24) is 0 Å². The van der Waals surface area contributed by atoms with E-state index in [1.165, 1.54) is 0 Å². The van der Waals surface area contributed by atoms with E-state index < -0.39 is 0 Å². The van der Waals surface area contributed by atoms with E-state index in [1.807, 2.05) is 37.1 Å². The predicted molar refractivity (Wildman–Crippen MR) is 53.1 cm³/mol. The Morgan fingerprint density at radius 1 is 1.38 bits per heavy atom. The molecule has 0 aromatic heterocycles. The largest absolute Gasteiger partial charge is 0.341 e. The number of aryl methyl sites for hydroxylation is 1. The summed E-state index contributed by atoms with van der Waals surface area (Å²) in [6, 6.07) is 5.75. The molecule has 66 valence electrons. The summed E-state index contributed by atoms with van der Waals surface area (Å²) in [6.45, 7) is 5.75. The fourth-order valence-electron chi connectivity index (χ4n) is 1.73. The van der Waals surface area contributed by atoms with Crippen LogP contribution in [0.3, 0.4) is 0 Å². The monoisotopic (exact) mass is 173 g/mol. The number of hydrogen-bond acceptors (Lipinski definition) is 2. The van der Waals surface area contributed by atoms with Gasteiger partial charge in [-0.15, -0.1) is 0 Å². The number of anilines is 1. The second-order valence-electron chi connectivity index (χ2n) is 3.31. The normalized spacial score (nSPS) is 15.1. The van der Waals surface area contributed by atoms with Gasteiger partial charge in [-0.25, -0.2) is 0 Å². The van der Waals surface area contributed by atoms with Gasteiger partial charge >= 0.3 is 0 Å². The van der Waals surface area contributed by atoms with E-state index in [4.69, 9.17) is 0 Å². The summed E-state index contributed by atoms with van der Waals surface area (Å²) in [5, 5.41) is 0. The summed E-state index contributed by atoms with van der Waals surface area (Å²) in [7, 11) is 1.87. The zero-order valence-electron chi connectivity index (χ0n) is 7.79. The quantitative estimate of drug-likeness (QED) is 0.560. The van der Waals surface area contributed by atoms with Crippen molar-refractivity contribution < 1.29 is 4.79 Å². The van der Waals surface area contributed by atoms with Crippen LogP contribution in [0.1, 0.15) is 15.9 Å². The summed E-state index contributed by atoms with van der Waals surface area (Å²) >= 11 is 0. The molecule has 1 aromatic carbocycles. The zero-order chi connectivity index (χ0) is 9.59. The third kappa shape index (κ3) is 0.917. The first-order chi connectivity index (χ1) is 6.13. The molecule has 0 saturated heterocycles. The molecule has 0 fully saturated rings. The molecular formula is C11H11NO. The lowest BCUT2D eigenvalue weighted by Crippen LogP contribution is -2.13. The minimum absolute atomic E-state index is 0.0428. The Labute approximate surface area is 77.5 Å². The number of Topliss-reactive ketones (excluding diaryl/α,β-unsaturated/α-hetero) is 1. The number of ketones is 1. The maximum absolute atomic E-state index is 11.6. The zero-order valence-corrected chi connectivity index (χ0v) is 7.79. The molecule has 1 aliphatic heterocycles. The van der Waals surface area contributed by atoms with E-state index >= 15 is 0 Å². The second-order valence-corrected chi connectivity index (χ2v) is 3.31. The number of fused-ring (bicyclic) bond motifs is 1. The lowest BCUT2D eigenvalue weighted by Gasteiger charge is -2.14. The molecular weight excluding hydrogens is 162 g/mol. The summed E-state index contributed by atoms with van der Waals surface area (Å²) in [6.07, 6.45) is 0. The average Bonchev–Trinajstić information content (AvgIpc) is 2.33. The first-order valence-corrected chi connectivity index (χ1v) is 4.20. The maximum Gasteiger partial charge on any atom is 0.210 e. The molecule has 0 spiro atoms. The highest BCUT2D eigenvalue weighted by molar-refractivity contribution is 6.19. The molecule has 2 rings (SSSR count). The minimum atomic E-state index is 0.0428. The number of benzene rings is 1. The molecule has 0 N–H and O–H groups in total. The van der Waals surface area contributed by atoms with Gasteiger partial charge in [-0.3, -0.25) is 4.79 Å². The fraction of sp³-hybridized carbons (Fsp3) is 0.182. The highest BCUT2D eigenvalue weighted by Crippen LogP contribution is 2.34. The van der Waals surface area contributed by atoms with Crippen LogP contribution in [0.15, 0.2) is 30.5 Å². The summed E-state index contributed by atoms with van der Waals surface area (Å²) in [5.74, 6) is 0.0428. The van der Waals surface area contributed by atoms with Crippen molar-refractivity contribution in [2.45, 2.75) is 6.92 Å². The number of para-hydroxylation sites is 1. The molecule has 2 heteroatoms. The van der Waals surface area contributed by atoms with Gasteiger partial charge < -0.3 is 4.90 Å². The van der Waals surface area contributed by atoms with Crippen LogP contribution in [0.25, 0.3) is 0 Å². The average molecular weight is 173 g/mol. The minimum Gasteiger partial charge on any atom is -0.341 e. The van der Waals surface area contributed by atoms with Crippen LogP contribution in [0.4, 0.5) is 5.69 Å². The summed E-state index contributed by atoms with van der Waals surface area (Å²) in [4.78, 5) is 13.5. The maximum atomic E-state index is 11.6. The van der Waals surface area contributed by atoms with Crippen molar-refractivity contribution in [3.05, 3.63) is 41.6 Å². The SMILES string of the molecule is C=C1C(=O)c2cccc(C)c2N1C. The van der Waals surface area contributed by atoms with Crippen LogP contribution in [-0.2, 0) is 0 Å². The van der Waals surface area contributed by atoms with Crippen LogP contribution < -0.4 is 4.90 Å². The van der Waals surface area contributed by atoms with Crippen LogP contribution in [0.2, 0.25) is 0 Å². The van der Waals surface area contributed by atoms with E-state index in [2.05, 4.69) is 6.58 Å². The third-order valence-corrected chi connectivity index (χ3v) is 2.48. The molecule has 0 atom stereocenters. The Kier molecular flexibility index (Phi) is 1.52. The number of rotatable bonds is 0. The third-order valence-electron chi connectivity index (χ3n) is 2.48. The first kappa shape index (κ1) is 8.05. The van der Waals surface area contributed by atoms with Crippen molar-refractivity contribution in [3.8, 4) is 0 Å². The van der Waals surface area contributed by atoms with E-state index in [0.29, 0.717) is 5.70 Å². The first-order valence-electron chi connectivity index (χ1n) is 4.20. The molecule has 1 heterocycles. The van der Waals surface area contributed by atoms with Crippen LogP contribution in [0.5, 0.6) is 0 Å². The van der Waals surface area contributed by atoms with Gasteiger partial charge in [0, 0.05) is 12.6 Å². The molecule has 0 saturated carbocycles. The van der Waals surface area contributed by atoms with E-state index in [9.17, 15) is 4.79 Å². The topological polar surface area (TPSA) is 20.3 Å². The molecule has 0 unspecified atom stereocenters. The van der Waals surface area contributed by atoms with Crippen LogP contribution >= 0.6 is 0 Å². The van der Waals surface area contributed by atoms with Crippen molar-refractivity contribution in [3.63, 3.8) is 0 Å². The smallest absolute Gasteiger partial charge is 0.210 e. The predicted octanol–water partition coefficient (Wildman–Crippen LogP) is 2.14. The standard InChI is InChI=1S/C11H11NO/c1-7-5-4-6-9-10(7)12(3)8(2)11(9)13/h4-6H,2H2,1,3H3. The Balaban J connectivity index is 2.73.